The summed E-state index contributed by atoms with van der Waals surface area (Å²) in [7, 11) is 0. The highest BCUT2D eigenvalue weighted by atomic mass is 14.9. The number of allylic oxidation sites excluding steroid dienone is 4. The Balaban J connectivity index is 0.000000821. The normalized spacial score (nSPS) is 16.2. The third-order valence-electron chi connectivity index (χ3n) is 7.40. The quantitative estimate of drug-likeness (QED) is 0.406. The summed E-state index contributed by atoms with van der Waals surface area (Å²) >= 11 is 0. The highest BCUT2D eigenvalue weighted by Gasteiger charge is 2.36. The van der Waals surface area contributed by atoms with E-state index in [1.807, 2.05) is 13.0 Å². The first-order chi connectivity index (χ1) is 15.7. The molecular formula is C32H35N. The Kier molecular flexibility index (Phi) is 5.70. The van der Waals surface area contributed by atoms with Gasteiger partial charge in [-0.3, -0.25) is 0 Å². The third-order valence-corrected chi connectivity index (χ3v) is 7.40. The number of anilines is 2. The second kappa shape index (κ2) is 8.23. The second-order valence-electron chi connectivity index (χ2n) is 10.1. The Bertz CT molecular complexity index is 1280. The van der Waals surface area contributed by atoms with Gasteiger partial charge in [0.25, 0.3) is 0 Å². The molecule has 1 heteroatoms. The van der Waals surface area contributed by atoms with Gasteiger partial charge in [-0.1, -0.05) is 88.4 Å². The SMILES string of the molecule is C=CC.C=CC1=C(C)C(C)(C)c2cc(Nc3ccc4c(c3)C(C)(C)c3ccccc3-4)ccc21. The van der Waals surface area contributed by atoms with Crippen LogP contribution in [0.3, 0.4) is 0 Å². The first-order valence-electron chi connectivity index (χ1n) is 11.7. The van der Waals surface area contributed by atoms with Gasteiger partial charge in [0, 0.05) is 22.2 Å². The van der Waals surface area contributed by atoms with E-state index >= 15 is 0 Å². The number of hydrogen-bond donors (Lipinski definition) is 1. The monoisotopic (exact) mass is 433 g/mol. The molecule has 0 saturated carbocycles. The Morgan fingerprint density at radius 2 is 1.21 bits per heavy atom. The Hall–Kier alpha value is -3.32. The molecule has 33 heavy (non-hydrogen) atoms. The molecule has 5 rings (SSSR count). The Labute approximate surface area is 199 Å². The molecule has 168 valence electrons. The zero-order valence-corrected chi connectivity index (χ0v) is 20.8. The summed E-state index contributed by atoms with van der Waals surface area (Å²) in [6.45, 7) is 20.8. The predicted octanol–water partition coefficient (Wildman–Crippen LogP) is 9.18. The lowest BCUT2D eigenvalue weighted by Crippen LogP contribution is -2.16. The van der Waals surface area contributed by atoms with Gasteiger partial charge in [-0.2, -0.15) is 0 Å². The van der Waals surface area contributed by atoms with E-state index in [4.69, 9.17) is 0 Å². The molecular weight excluding hydrogens is 398 g/mol. The summed E-state index contributed by atoms with van der Waals surface area (Å²) in [6.07, 6.45) is 3.75. The molecule has 0 spiro atoms. The maximum absolute atomic E-state index is 4.04. The average molecular weight is 434 g/mol. The van der Waals surface area contributed by atoms with Crippen molar-refractivity contribution < 1.29 is 0 Å². The van der Waals surface area contributed by atoms with Gasteiger partial charge in [0.05, 0.1) is 0 Å². The van der Waals surface area contributed by atoms with Crippen molar-refractivity contribution >= 4 is 16.9 Å². The van der Waals surface area contributed by atoms with Crippen LogP contribution in [-0.4, -0.2) is 0 Å². The van der Waals surface area contributed by atoms with E-state index in [0.717, 1.165) is 11.4 Å². The lowest BCUT2D eigenvalue weighted by molar-refractivity contribution is 0.639. The summed E-state index contributed by atoms with van der Waals surface area (Å²) in [5.74, 6) is 0. The number of hydrogen-bond acceptors (Lipinski definition) is 1. The standard InChI is InChI=1S/C29H29N.C3H6/c1-7-21-18(2)28(3,4)26-16-19(12-14-23(21)26)30-20-13-15-24-22-10-8-9-11-25(22)29(5,6)27(24)17-20;1-3-2/h7-17,30H,1H2,2-6H3;3H,1H2,2H3. The molecule has 3 aromatic rings. The number of fused-ring (bicyclic) bond motifs is 4. The van der Waals surface area contributed by atoms with E-state index in [1.165, 1.54) is 44.5 Å². The minimum atomic E-state index is 0.0173. The van der Waals surface area contributed by atoms with Crippen LogP contribution in [0, 0.1) is 0 Å². The van der Waals surface area contributed by atoms with Crippen molar-refractivity contribution in [2.75, 3.05) is 5.32 Å². The van der Waals surface area contributed by atoms with Gasteiger partial charge in [0.1, 0.15) is 0 Å². The van der Waals surface area contributed by atoms with Crippen LogP contribution in [0.2, 0.25) is 0 Å². The fourth-order valence-corrected chi connectivity index (χ4v) is 5.33. The lowest BCUT2D eigenvalue weighted by Gasteiger charge is -2.23. The molecule has 0 atom stereocenters. The molecule has 0 radical (unpaired) electrons. The van der Waals surface area contributed by atoms with Crippen LogP contribution >= 0.6 is 0 Å². The average Bonchev–Trinajstić information content (AvgIpc) is 3.13. The van der Waals surface area contributed by atoms with Gasteiger partial charge in [-0.05, 0) is 77.1 Å². The van der Waals surface area contributed by atoms with Crippen LogP contribution < -0.4 is 5.32 Å². The fourth-order valence-electron chi connectivity index (χ4n) is 5.33. The van der Waals surface area contributed by atoms with E-state index in [0.29, 0.717) is 0 Å². The van der Waals surface area contributed by atoms with Crippen LogP contribution in [0.25, 0.3) is 16.7 Å². The molecule has 0 aliphatic heterocycles. The fraction of sp³-hybridized carbons (Fsp3) is 0.250. The summed E-state index contributed by atoms with van der Waals surface area (Å²) in [4.78, 5) is 0. The molecule has 0 amide bonds. The molecule has 0 heterocycles. The first kappa shape index (κ1) is 22.9. The Morgan fingerprint density at radius 3 is 1.82 bits per heavy atom. The van der Waals surface area contributed by atoms with Gasteiger partial charge in [0.15, 0.2) is 0 Å². The van der Waals surface area contributed by atoms with E-state index in [2.05, 4.69) is 114 Å². The zero-order valence-electron chi connectivity index (χ0n) is 20.8. The van der Waals surface area contributed by atoms with E-state index in [1.54, 1.807) is 6.08 Å². The largest absolute Gasteiger partial charge is 0.356 e. The smallest absolute Gasteiger partial charge is 0.0387 e. The topological polar surface area (TPSA) is 12.0 Å². The van der Waals surface area contributed by atoms with Crippen molar-refractivity contribution in [3.05, 3.63) is 114 Å². The first-order valence-corrected chi connectivity index (χ1v) is 11.7. The molecule has 1 nitrogen and oxygen atoms in total. The number of nitrogens with one attached hydrogen (secondary N) is 1. The molecule has 0 aromatic heterocycles. The molecule has 0 bridgehead atoms. The molecule has 1 N–H and O–H groups in total. The zero-order chi connectivity index (χ0) is 24.0. The van der Waals surface area contributed by atoms with Gasteiger partial charge in [0.2, 0.25) is 0 Å². The highest BCUT2D eigenvalue weighted by Crippen LogP contribution is 2.50. The summed E-state index contributed by atoms with van der Waals surface area (Å²) in [5.41, 5.74) is 13.2. The molecule has 0 unspecified atom stereocenters. The van der Waals surface area contributed by atoms with E-state index < -0.39 is 0 Å². The van der Waals surface area contributed by atoms with Crippen LogP contribution in [0.1, 0.15) is 63.8 Å². The summed E-state index contributed by atoms with van der Waals surface area (Å²) < 4.78 is 0. The van der Waals surface area contributed by atoms with Crippen molar-refractivity contribution in [2.45, 2.75) is 52.4 Å². The van der Waals surface area contributed by atoms with E-state index in [-0.39, 0.29) is 10.8 Å². The van der Waals surface area contributed by atoms with Gasteiger partial charge < -0.3 is 5.32 Å². The second-order valence-corrected chi connectivity index (χ2v) is 10.1. The summed E-state index contributed by atoms with van der Waals surface area (Å²) in [5, 5.41) is 3.67. The minimum Gasteiger partial charge on any atom is -0.356 e. The number of benzene rings is 3. The molecule has 2 aliphatic rings. The van der Waals surface area contributed by atoms with Gasteiger partial charge in [-0.15, -0.1) is 6.58 Å². The Morgan fingerprint density at radius 1 is 0.697 bits per heavy atom. The van der Waals surface area contributed by atoms with Crippen LogP contribution in [0.4, 0.5) is 11.4 Å². The van der Waals surface area contributed by atoms with E-state index in [9.17, 15) is 0 Å². The van der Waals surface area contributed by atoms with Crippen molar-refractivity contribution in [3.63, 3.8) is 0 Å². The molecule has 0 fully saturated rings. The molecule has 2 aliphatic carbocycles. The van der Waals surface area contributed by atoms with Gasteiger partial charge in [-0.25, -0.2) is 0 Å². The van der Waals surface area contributed by atoms with Crippen LogP contribution in [-0.2, 0) is 10.8 Å². The van der Waals surface area contributed by atoms with Crippen molar-refractivity contribution in [2.24, 2.45) is 0 Å². The van der Waals surface area contributed by atoms with Crippen molar-refractivity contribution in [1.82, 2.24) is 0 Å². The minimum absolute atomic E-state index is 0.0173. The number of rotatable bonds is 3. The van der Waals surface area contributed by atoms with Gasteiger partial charge >= 0.3 is 0 Å². The molecule has 0 saturated heterocycles. The maximum atomic E-state index is 4.04. The lowest BCUT2D eigenvalue weighted by atomic mass is 9.82. The summed E-state index contributed by atoms with van der Waals surface area (Å²) in [6, 6.07) is 22.3. The maximum Gasteiger partial charge on any atom is 0.0387 e. The predicted molar refractivity (Wildman–Crippen MR) is 145 cm³/mol. The third kappa shape index (κ3) is 3.56. The highest BCUT2D eigenvalue weighted by molar-refractivity contribution is 5.87. The van der Waals surface area contributed by atoms with Crippen molar-refractivity contribution in [3.8, 4) is 11.1 Å². The van der Waals surface area contributed by atoms with Crippen molar-refractivity contribution in [1.29, 1.82) is 0 Å². The molecule has 3 aromatic carbocycles. The van der Waals surface area contributed by atoms with Crippen LogP contribution in [0.5, 0.6) is 0 Å². The van der Waals surface area contributed by atoms with Crippen LogP contribution in [0.15, 0.2) is 91.5 Å².